The summed E-state index contributed by atoms with van der Waals surface area (Å²) in [5, 5.41) is 1.23. The van der Waals surface area contributed by atoms with Gasteiger partial charge in [0, 0.05) is 11.8 Å². The van der Waals surface area contributed by atoms with E-state index in [-0.39, 0.29) is 5.91 Å². The summed E-state index contributed by atoms with van der Waals surface area (Å²) in [4.78, 5) is 16.4. The minimum atomic E-state index is -2.36. The third-order valence-corrected chi connectivity index (χ3v) is 2.48. The molecule has 3 nitrogen and oxygen atoms in total. The lowest BCUT2D eigenvalue weighted by atomic mass is 10.3. The van der Waals surface area contributed by atoms with Gasteiger partial charge in [-0.3, -0.25) is 9.63 Å². The summed E-state index contributed by atoms with van der Waals surface area (Å²) >= 11 is 0. The number of hydrogen-bond donors (Lipinski definition) is 0. The van der Waals surface area contributed by atoms with Crippen molar-refractivity contribution in [3.8, 4) is 0 Å². The number of hydroxylamine groups is 2. The van der Waals surface area contributed by atoms with E-state index in [0.29, 0.717) is 19.6 Å². The van der Waals surface area contributed by atoms with Gasteiger partial charge in [-0.15, -0.1) is 0 Å². The number of rotatable bonds is 2. The third-order valence-electron chi connectivity index (χ3n) is 2.48. The Morgan fingerprint density at radius 3 is 2.77 bits per heavy atom. The van der Waals surface area contributed by atoms with Crippen LogP contribution in [-0.4, -0.2) is 30.5 Å². The summed E-state index contributed by atoms with van der Waals surface area (Å²) in [6.45, 7) is 1.07. The van der Waals surface area contributed by atoms with Crippen LogP contribution in [0.3, 0.4) is 0 Å². The first-order chi connectivity index (χ1) is 6.20. The molecule has 13 heavy (non-hydrogen) atoms. The highest BCUT2D eigenvalue weighted by atomic mass is 19.3. The second kappa shape index (κ2) is 3.21. The summed E-state index contributed by atoms with van der Waals surface area (Å²) in [5.74, 6) is -1.47. The van der Waals surface area contributed by atoms with Gasteiger partial charge in [-0.05, 0) is 12.8 Å². The van der Waals surface area contributed by atoms with Crippen LogP contribution in [0.4, 0.5) is 8.78 Å². The number of carbonyl (C=O) groups excluding carboxylic acids is 1. The van der Waals surface area contributed by atoms with Gasteiger partial charge in [0.2, 0.25) is 12.3 Å². The van der Waals surface area contributed by atoms with Gasteiger partial charge in [0.1, 0.15) is 0 Å². The van der Waals surface area contributed by atoms with Crippen LogP contribution in [0.2, 0.25) is 0 Å². The van der Waals surface area contributed by atoms with Crippen LogP contribution in [0.25, 0.3) is 0 Å². The fraction of sp³-hybridized carbons (Fsp3) is 0.875. The van der Waals surface area contributed by atoms with Gasteiger partial charge in [0.05, 0.1) is 13.2 Å². The lowest BCUT2D eigenvalue weighted by molar-refractivity contribution is -0.171. The van der Waals surface area contributed by atoms with Gasteiger partial charge in [0.15, 0.2) is 0 Å². The summed E-state index contributed by atoms with van der Waals surface area (Å²) in [7, 11) is 0. The van der Waals surface area contributed by atoms with Gasteiger partial charge in [-0.1, -0.05) is 0 Å². The highest BCUT2D eigenvalue weighted by Crippen LogP contribution is 2.44. The van der Waals surface area contributed by atoms with Crippen molar-refractivity contribution in [2.75, 3.05) is 13.2 Å². The Hall–Kier alpha value is -0.710. The maximum atomic E-state index is 12.1. The Labute approximate surface area is 74.6 Å². The number of carbonyl (C=O) groups is 1. The van der Waals surface area contributed by atoms with Gasteiger partial charge in [-0.25, -0.2) is 13.8 Å². The lowest BCUT2D eigenvalue weighted by Gasteiger charge is -2.13. The highest BCUT2D eigenvalue weighted by Gasteiger charge is 2.50. The Morgan fingerprint density at radius 2 is 2.31 bits per heavy atom. The van der Waals surface area contributed by atoms with E-state index in [4.69, 9.17) is 4.84 Å². The number of nitrogens with zero attached hydrogens (tertiary/aromatic N) is 1. The van der Waals surface area contributed by atoms with Crippen molar-refractivity contribution in [1.29, 1.82) is 0 Å². The average Bonchev–Trinajstić information content (AvgIpc) is 2.72. The first-order valence-corrected chi connectivity index (χ1v) is 4.42. The van der Waals surface area contributed by atoms with Crippen LogP contribution in [-0.2, 0) is 9.63 Å². The van der Waals surface area contributed by atoms with E-state index in [1.165, 1.54) is 5.06 Å². The normalized spacial score (nSPS) is 32.7. The average molecular weight is 191 g/mol. The van der Waals surface area contributed by atoms with E-state index in [1.807, 2.05) is 0 Å². The fourth-order valence-electron chi connectivity index (χ4n) is 1.58. The van der Waals surface area contributed by atoms with Crippen molar-refractivity contribution in [2.24, 2.45) is 11.8 Å². The van der Waals surface area contributed by atoms with E-state index in [1.54, 1.807) is 0 Å². The number of halogens is 2. The first kappa shape index (κ1) is 8.87. The van der Waals surface area contributed by atoms with Crippen LogP contribution >= 0.6 is 0 Å². The van der Waals surface area contributed by atoms with Gasteiger partial charge in [-0.2, -0.15) is 0 Å². The molecule has 2 rings (SSSR count). The van der Waals surface area contributed by atoms with E-state index >= 15 is 0 Å². The van der Waals surface area contributed by atoms with Crippen molar-refractivity contribution in [1.82, 2.24) is 5.06 Å². The minimum Gasteiger partial charge on any atom is -0.272 e. The summed E-state index contributed by atoms with van der Waals surface area (Å²) in [6, 6.07) is 0. The number of alkyl halides is 2. The van der Waals surface area contributed by atoms with Crippen LogP contribution in [0.15, 0.2) is 0 Å². The Balaban J connectivity index is 1.85. The predicted octanol–water partition coefficient (Wildman–Crippen LogP) is 1.05. The molecule has 2 atom stereocenters. The largest absolute Gasteiger partial charge is 0.272 e. The molecule has 0 aromatic carbocycles. The van der Waals surface area contributed by atoms with Crippen LogP contribution in [0.5, 0.6) is 0 Å². The highest BCUT2D eigenvalue weighted by molar-refractivity contribution is 5.80. The molecule has 0 spiro atoms. The van der Waals surface area contributed by atoms with E-state index in [0.717, 1.165) is 6.42 Å². The molecule has 1 heterocycles. The molecule has 1 aliphatic carbocycles. The zero-order valence-electron chi connectivity index (χ0n) is 7.08. The topological polar surface area (TPSA) is 29.5 Å². The van der Waals surface area contributed by atoms with Crippen molar-refractivity contribution in [3.63, 3.8) is 0 Å². The van der Waals surface area contributed by atoms with Gasteiger partial charge in [0.25, 0.3) is 0 Å². The maximum absolute atomic E-state index is 12.1. The molecule has 2 aliphatic rings. The lowest BCUT2D eigenvalue weighted by Crippen LogP contribution is -2.28. The predicted molar refractivity (Wildman–Crippen MR) is 39.9 cm³/mol. The summed E-state index contributed by atoms with van der Waals surface area (Å²) < 4.78 is 24.2. The van der Waals surface area contributed by atoms with Crippen LogP contribution < -0.4 is 0 Å². The van der Waals surface area contributed by atoms with E-state index in [9.17, 15) is 13.6 Å². The van der Waals surface area contributed by atoms with E-state index < -0.39 is 18.3 Å². The van der Waals surface area contributed by atoms with E-state index in [2.05, 4.69) is 0 Å². The molecule has 5 heteroatoms. The van der Waals surface area contributed by atoms with Crippen molar-refractivity contribution in [3.05, 3.63) is 0 Å². The monoisotopic (exact) mass is 191 g/mol. The summed E-state index contributed by atoms with van der Waals surface area (Å²) in [5.41, 5.74) is 0. The first-order valence-electron chi connectivity index (χ1n) is 4.42. The van der Waals surface area contributed by atoms with Crippen molar-refractivity contribution >= 4 is 5.91 Å². The quantitative estimate of drug-likeness (QED) is 0.653. The minimum absolute atomic E-state index is 0.261. The Bertz CT molecular complexity index is 216. The molecule has 0 unspecified atom stereocenters. The molecule has 2 fully saturated rings. The Morgan fingerprint density at radius 1 is 1.54 bits per heavy atom. The summed E-state index contributed by atoms with van der Waals surface area (Å²) in [6.07, 6.45) is -1.25. The molecular weight excluding hydrogens is 180 g/mol. The molecule has 0 bridgehead atoms. The zero-order chi connectivity index (χ0) is 9.42. The standard InChI is InChI=1S/C8H11F2NO2/c9-7(10)5-4-6(5)8(12)11-2-1-3-13-11/h5-7H,1-4H2/t5-,6-/m0/s1. The molecule has 1 saturated carbocycles. The second-order valence-corrected chi connectivity index (χ2v) is 3.47. The Kier molecular flexibility index (Phi) is 2.19. The smallest absolute Gasteiger partial charge is 0.249 e. The third kappa shape index (κ3) is 1.65. The molecule has 1 aliphatic heterocycles. The van der Waals surface area contributed by atoms with Gasteiger partial charge >= 0.3 is 0 Å². The molecule has 0 N–H and O–H groups in total. The molecular formula is C8H11F2NO2. The SMILES string of the molecule is O=C([C@H]1C[C@@H]1C(F)F)N1CCCO1. The molecule has 74 valence electrons. The molecule has 0 radical (unpaired) electrons. The molecule has 0 aromatic rings. The zero-order valence-corrected chi connectivity index (χ0v) is 7.08. The maximum Gasteiger partial charge on any atom is 0.249 e. The molecule has 1 amide bonds. The number of amides is 1. The van der Waals surface area contributed by atoms with Crippen molar-refractivity contribution in [2.45, 2.75) is 19.3 Å². The molecule has 0 aromatic heterocycles. The van der Waals surface area contributed by atoms with Crippen LogP contribution in [0.1, 0.15) is 12.8 Å². The molecule has 1 saturated heterocycles. The van der Waals surface area contributed by atoms with Crippen molar-refractivity contribution < 1.29 is 18.4 Å². The van der Waals surface area contributed by atoms with Gasteiger partial charge < -0.3 is 0 Å². The fourth-order valence-corrected chi connectivity index (χ4v) is 1.58. The second-order valence-electron chi connectivity index (χ2n) is 3.47. The number of hydrogen-bond acceptors (Lipinski definition) is 2. The van der Waals surface area contributed by atoms with Crippen LogP contribution in [0, 0.1) is 11.8 Å².